The van der Waals surface area contributed by atoms with Crippen LogP contribution in [0.3, 0.4) is 0 Å². The van der Waals surface area contributed by atoms with E-state index in [-0.39, 0.29) is 11.6 Å². The van der Waals surface area contributed by atoms with E-state index in [4.69, 9.17) is 4.74 Å². The van der Waals surface area contributed by atoms with Crippen molar-refractivity contribution in [1.82, 2.24) is 10.3 Å². The van der Waals surface area contributed by atoms with Gasteiger partial charge in [-0.25, -0.2) is 0 Å². The predicted molar refractivity (Wildman–Crippen MR) is 84.7 cm³/mol. The lowest BCUT2D eigenvalue weighted by molar-refractivity contribution is 0.0882. The second-order valence-corrected chi connectivity index (χ2v) is 6.49. The van der Waals surface area contributed by atoms with Gasteiger partial charge in [0.2, 0.25) is 0 Å². The summed E-state index contributed by atoms with van der Waals surface area (Å²) in [4.78, 5) is 4.53. The Balaban J connectivity index is 1.87. The summed E-state index contributed by atoms with van der Waals surface area (Å²) in [5, 5.41) is 4.82. The fourth-order valence-electron chi connectivity index (χ4n) is 2.70. The van der Waals surface area contributed by atoms with E-state index in [1.165, 1.54) is 5.56 Å². The van der Waals surface area contributed by atoms with Crippen molar-refractivity contribution in [2.24, 2.45) is 0 Å². The Kier molecular flexibility index (Phi) is 3.80. The smallest absolute Gasteiger partial charge is 0.0758 e. The Labute approximate surface area is 127 Å². The van der Waals surface area contributed by atoms with E-state index in [9.17, 15) is 0 Å². The van der Waals surface area contributed by atoms with Crippen molar-refractivity contribution < 1.29 is 4.74 Å². The topological polar surface area (TPSA) is 34.1 Å². The molecule has 1 N–H and O–H groups in total. The van der Waals surface area contributed by atoms with E-state index in [1.54, 1.807) is 0 Å². The maximum absolute atomic E-state index is 5.68. The molecule has 4 heteroatoms. The molecular formula is C16H19BrN2O. The minimum atomic E-state index is 0.0498. The largest absolute Gasteiger partial charge is 0.377 e. The van der Waals surface area contributed by atoms with Crippen LogP contribution in [0.25, 0.3) is 10.9 Å². The van der Waals surface area contributed by atoms with Crippen molar-refractivity contribution in [2.75, 3.05) is 6.61 Å². The van der Waals surface area contributed by atoms with E-state index in [0.29, 0.717) is 0 Å². The molecule has 20 heavy (non-hydrogen) atoms. The van der Waals surface area contributed by atoms with E-state index in [2.05, 4.69) is 58.3 Å². The van der Waals surface area contributed by atoms with Crippen molar-refractivity contribution in [3.63, 3.8) is 0 Å². The zero-order valence-corrected chi connectivity index (χ0v) is 13.4. The number of nitrogens with one attached hydrogen (secondary N) is 1. The Hall–Kier alpha value is -0.970. The number of hydrogen-bond donors (Lipinski definition) is 1. The van der Waals surface area contributed by atoms with Crippen LogP contribution < -0.4 is 5.32 Å². The van der Waals surface area contributed by atoms with E-state index < -0.39 is 0 Å². The van der Waals surface area contributed by atoms with Crippen LogP contribution in [0.5, 0.6) is 0 Å². The van der Waals surface area contributed by atoms with Gasteiger partial charge in [-0.05, 0) is 38.0 Å². The van der Waals surface area contributed by atoms with Gasteiger partial charge < -0.3 is 10.1 Å². The highest BCUT2D eigenvalue weighted by molar-refractivity contribution is 9.10. The molecule has 0 aliphatic carbocycles. The lowest BCUT2D eigenvalue weighted by atomic mass is 9.94. The normalized spacial score (nSPS) is 26.2. The second kappa shape index (κ2) is 5.43. The third-order valence-corrected chi connectivity index (χ3v) is 5.06. The first-order valence-electron chi connectivity index (χ1n) is 6.99. The number of hydrogen-bond acceptors (Lipinski definition) is 3. The zero-order valence-electron chi connectivity index (χ0n) is 11.8. The molecule has 1 aliphatic rings. The number of pyridine rings is 1. The fourth-order valence-corrected chi connectivity index (χ4v) is 3.16. The zero-order chi connectivity index (χ0) is 14.2. The van der Waals surface area contributed by atoms with Crippen molar-refractivity contribution in [3.8, 4) is 0 Å². The van der Waals surface area contributed by atoms with E-state index in [0.717, 1.165) is 34.9 Å². The third kappa shape index (κ3) is 2.48. The van der Waals surface area contributed by atoms with Gasteiger partial charge in [0.25, 0.3) is 0 Å². The first-order chi connectivity index (χ1) is 9.60. The van der Waals surface area contributed by atoms with Crippen molar-refractivity contribution in [1.29, 1.82) is 0 Å². The van der Waals surface area contributed by atoms with Crippen LogP contribution in [-0.2, 0) is 11.3 Å². The molecule has 0 spiro atoms. The standard InChI is InChI=1S/C16H19BrN2O/c1-11-16(2,7-9-20-11)19-10-12-5-6-14(17)13-4-3-8-18-15(12)13/h3-6,8,11,19H,7,9-10H2,1-2H3. The lowest BCUT2D eigenvalue weighted by Gasteiger charge is -2.29. The molecule has 2 aromatic rings. The predicted octanol–water partition coefficient (Wildman–Crippen LogP) is 3.65. The summed E-state index contributed by atoms with van der Waals surface area (Å²) < 4.78 is 6.77. The molecule has 3 rings (SSSR count). The Bertz CT molecular complexity index is 631. The molecular weight excluding hydrogens is 316 g/mol. The molecule has 0 radical (unpaired) electrons. The number of halogens is 1. The minimum Gasteiger partial charge on any atom is -0.377 e. The molecule has 1 aromatic carbocycles. The van der Waals surface area contributed by atoms with Gasteiger partial charge in [0.05, 0.1) is 11.6 Å². The Morgan fingerprint density at radius 3 is 3.05 bits per heavy atom. The van der Waals surface area contributed by atoms with Gasteiger partial charge >= 0.3 is 0 Å². The molecule has 2 atom stereocenters. The highest BCUT2D eigenvalue weighted by atomic mass is 79.9. The summed E-state index contributed by atoms with van der Waals surface area (Å²) in [6.45, 7) is 6.02. The van der Waals surface area contributed by atoms with Crippen molar-refractivity contribution in [3.05, 3.63) is 40.5 Å². The number of ether oxygens (including phenoxy) is 1. The molecule has 1 fully saturated rings. The van der Waals surface area contributed by atoms with E-state index in [1.807, 2.05) is 12.3 Å². The molecule has 0 amide bonds. The summed E-state index contributed by atoms with van der Waals surface area (Å²) in [7, 11) is 0. The molecule has 2 unspecified atom stereocenters. The highest BCUT2D eigenvalue weighted by Crippen LogP contribution is 2.28. The van der Waals surface area contributed by atoms with Gasteiger partial charge in [0.1, 0.15) is 0 Å². The average molecular weight is 335 g/mol. The van der Waals surface area contributed by atoms with Crippen LogP contribution in [0.15, 0.2) is 34.9 Å². The summed E-state index contributed by atoms with van der Waals surface area (Å²) in [5.74, 6) is 0. The molecule has 3 nitrogen and oxygen atoms in total. The van der Waals surface area contributed by atoms with Crippen LogP contribution in [-0.4, -0.2) is 23.2 Å². The van der Waals surface area contributed by atoms with Crippen LogP contribution in [0.1, 0.15) is 25.8 Å². The fraction of sp³-hybridized carbons (Fsp3) is 0.438. The number of rotatable bonds is 3. The molecule has 1 aromatic heterocycles. The number of nitrogens with zero attached hydrogens (tertiary/aromatic N) is 1. The van der Waals surface area contributed by atoms with E-state index >= 15 is 0 Å². The number of fused-ring (bicyclic) bond motifs is 1. The second-order valence-electron chi connectivity index (χ2n) is 5.64. The molecule has 0 saturated carbocycles. The van der Waals surface area contributed by atoms with Crippen molar-refractivity contribution in [2.45, 2.75) is 38.5 Å². The van der Waals surface area contributed by atoms with Crippen LogP contribution in [0.2, 0.25) is 0 Å². The van der Waals surface area contributed by atoms with Crippen LogP contribution in [0.4, 0.5) is 0 Å². The first kappa shape index (κ1) is 14.0. The summed E-state index contributed by atoms with van der Waals surface area (Å²) in [6, 6.07) is 8.30. The summed E-state index contributed by atoms with van der Waals surface area (Å²) >= 11 is 3.59. The third-order valence-electron chi connectivity index (χ3n) is 4.37. The van der Waals surface area contributed by atoms with Gasteiger partial charge in [-0.3, -0.25) is 4.98 Å². The summed E-state index contributed by atoms with van der Waals surface area (Å²) in [6.07, 6.45) is 3.15. The quantitative estimate of drug-likeness (QED) is 0.930. The number of benzene rings is 1. The SMILES string of the molecule is CC1OCCC1(C)NCc1ccc(Br)c2cccnc12. The highest BCUT2D eigenvalue weighted by Gasteiger charge is 2.36. The summed E-state index contributed by atoms with van der Waals surface area (Å²) in [5.41, 5.74) is 2.34. The Morgan fingerprint density at radius 2 is 2.30 bits per heavy atom. The van der Waals surface area contributed by atoms with Gasteiger partial charge in [-0.2, -0.15) is 0 Å². The first-order valence-corrected chi connectivity index (χ1v) is 7.78. The molecule has 0 bridgehead atoms. The molecule has 1 saturated heterocycles. The van der Waals surface area contributed by atoms with Gasteiger partial charge in [0.15, 0.2) is 0 Å². The van der Waals surface area contributed by atoms with Crippen molar-refractivity contribution >= 4 is 26.8 Å². The maximum Gasteiger partial charge on any atom is 0.0758 e. The van der Waals surface area contributed by atoms with Gasteiger partial charge in [-0.15, -0.1) is 0 Å². The maximum atomic E-state index is 5.68. The molecule has 1 aliphatic heterocycles. The lowest BCUT2D eigenvalue weighted by Crippen LogP contribution is -2.47. The monoisotopic (exact) mass is 334 g/mol. The molecule has 106 valence electrons. The minimum absolute atomic E-state index is 0.0498. The van der Waals surface area contributed by atoms with Crippen LogP contribution >= 0.6 is 15.9 Å². The molecule has 2 heterocycles. The number of aromatic nitrogens is 1. The average Bonchev–Trinajstić information content (AvgIpc) is 2.79. The van der Waals surface area contributed by atoms with Gasteiger partial charge in [0, 0.05) is 34.7 Å². The Morgan fingerprint density at radius 1 is 1.45 bits per heavy atom. The van der Waals surface area contributed by atoms with Crippen LogP contribution in [0, 0.1) is 0 Å². The van der Waals surface area contributed by atoms with Gasteiger partial charge in [-0.1, -0.05) is 28.1 Å².